The summed E-state index contributed by atoms with van der Waals surface area (Å²) in [6, 6.07) is 9.27. The minimum atomic E-state index is -0.592. The van der Waals surface area contributed by atoms with Crippen LogP contribution in [0.3, 0.4) is 0 Å². The summed E-state index contributed by atoms with van der Waals surface area (Å²) in [6.45, 7) is 1.99. The van der Waals surface area contributed by atoms with Crippen LogP contribution >= 0.6 is 34.4 Å². The van der Waals surface area contributed by atoms with Crippen LogP contribution < -0.4 is 16.6 Å². The Labute approximate surface area is 201 Å². The van der Waals surface area contributed by atoms with Crippen molar-refractivity contribution in [1.82, 2.24) is 9.55 Å². The molecule has 3 N–H and O–H groups in total. The summed E-state index contributed by atoms with van der Waals surface area (Å²) in [5, 5.41) is 6.02. The van der Waals surface area contributed by atoms with Crippen molar-refractivity contribution >= 4 is 61.5 Å². The van der Waals surface area contributed by atoms with Crippen LogP contribution in [0.1, 0.15) is 32.8 Å². The Balaban J connectivity index is 1.50. The standard InChI is InChI=1S/C23H20N4O3S3/c1-12-5-7-13(8-6-12)27-22(30)18-14-3-2-4-16(14)33-21(18)26-23(27)32-11-17(28)25-20-15(19(24)29)9-10-31-20/h5-10H,2-4,11H2,1H3,(H2,24,29)(H,25,28). The molecule has 0 radical (unpaired) electrons. The number of fused-ring (bicyclic) bond motifs is 3. The van der Waals surface area contributed by atoms with Gasteiger partial charge in [0.05, 0.1) is 22.4 Å². The molecule has 5 rings (SSSR count). The van der Waals surface area contributed by atoms with E-state index < -0.39 is 5.91 Å². The summed E-state index contributed by atoms with van der Waals surface area (Å²) in [6.07, 6.45) is 2.94. The van der Waals surface area contributed by atoms with Gasteiger partial charge in [0.15, 0.2) is 5.16 Å². The number of nitrogens with zero attached hydrogens (tertiary/aromatic N) is 2. The second kappa shape index (κ2) is 8.77. The Bertz CT molecular complexity index is 1450. The second-order valence-electron chi connectivity index (χ2n) is 7.77. The number of aryl methyl sites for hydroxylation is 3. The largest absolute Gasteiger partial charge is 0.366 e. The van der Waals surface area contributed by atoms with E-state index in [1.807, 2.05) is 31.2 Å². The lowest BCUT2D eigenvalue weighted by Gasteiger charge is -2.13. The number of benzene rings is 1. The number of hydrogen-bond donors (Lipinski definition) is 2. The fourth-order valence-corrected chi connectivity index (χ4v) is 6.86. The predicted octanol–water partition coefficient (Wildman–Crippen LogP) is 4.14. The lowest BCUT2D eigenvalue weighted by atomic mass is 10.2. The highest BCUT2D eigenvalue weighted by Gasteiger charge is 2.24. The number of aromatic nitrogens is 2. The van der Waals surface area contributed by atoms with E-state index in [0.29, 0.717) is 15.5 Å². The minimum absolute atomic E-state index is 0.0327. The van der Waals surface area contributed by atoms with Gasteiger partial charge in [-0.1, -0.05) is 29.5 Å². The molecule has 0 spiro atoms. The molecule has 3 heterocycles. The van der Waals surface area contributed by atoms with E-state index in [1.165, 1.54) is 28.0 Å². The van der Waals surface area contributed by atoms with Gasteiger partial charge in [-0.25, -0.2) is 4.98 Å². The Hall–Kier alpha value is -2.95. The topological polar surface area (TPSA) is 107 Å². The van der Waals surface area contributed by atoms with Gasteiger partial charge in [0.2, 0.25) is 5.91 Å². The van der Waals surface area contributed by atoms with E-state index in [1.54, 1.807) is 27.4 Å². The molecular formula is C23H20N4O3S3. The minimum Gasteiger partial charge on any atom is -0.366 e. The summed E-state index contributed by atoms with van der Waals surface area (Å²) >= 11 is 4.01. The van der Waals surface area contributed by atoms with Crippen LogP contribution in [0.5, 0.6) is 0 Å². The highest BCUT2D eigenvalue weighted by Crippen LogP contribution is 2.36. The fraction of sp³-hybridized carbons (Fsp3) is 0.217. The molecule has 0 atom stereocenters. The highest BCUT2D eigenvalue weighted by atomic mass is 32.2. The molecule has 0 aliphatic heterocycles. The molecule has 1 aliphatic rings. The number of nitrogens with two attached hydrogens (primary N) is 1. The van der Waals surface area contributed by atoms with Gasteiger partial charge >= 0.3 is 0 Å². The molecule has 2 amide bonds. The lowest BCUT2D eigenvalue weighted by molar-refractivity contribution is -0.113. The van der Waals surface area contributed by atoms with Crippen molar-refractivity contribution in [3.63, 3.8) is 0 Å². The third-order valence-electron chi connectivity index (χ3n) is 5.52. The molecular weight excluding hydrogens is 476 g/mol. The van der Waals surface area contributed by atoms with Gasteiger partial charge in [0.25, 0.3) is 11.5 Å². The molecule has 1 aliphatic carbocycles. The number of anilines is 1. The van der Waals surface area contributed by atoms with Crippen molar-refractivity contribution in [3.05, 3.63) is 67.6 Å². The zero-order valence-electron chi connectivity index (χ0n) is 17.7. The van der Waals surface area contributed by atoms with E-state index in [2.05, 4.69) is 5.32 Å². The predicted molar refractivity (Wildman–Crippen MR) is 134 cm³/mol. The van der Waals surface area contributed by atoms with E-state index in [-0.39, 0.29) is 22.8 Å². The summed E-state index contributed by atoms with van der Waals surface area (Å²) in [5.41, 5.74) is 8.47. The van der Waals surface area contributed by atoms with Gasteiger partial charge < -0.3 is 11.1 Å². The zero-order valence-corrected chi connectivity index (χ0v) is 20.2. The first-order valence-electron chi connectivity index (χ1n) is 10.4. The SMILES string of the molecule is Cc1ccc(-n2c(SCC(=O)Nc3sccc3C(N)=O)nc3sc4c(c3c2=O)CCC4)cc1. The van der Waals surface area contributed by atoms with Crippen molar-refractivity contribution in [2.24, 2.45) is 5.73 Å². The van der Waals surface area contributed by atoms with Gasteiger partial charge in [-0.2, -0.15) is 0 Å². The lowest BCUT2D eigenvalue weighted by Crippen LogP contribution is -2.23. The molecule has 0 unspecified atom stereocenters. The van der Waals surface area contributed by atoms with Crippen molar-refractivity contribution < 1.29 is 9.59 Å². The molecule has 0 bridgehead atoms. The normalized spacial score (nSPS) is 12.8. The van der Waals surface area contributed by atoms with Gasteiger partial charge in [0, 0.05) is 4.88 Å². The summed E-state index contributed by atoms with van der Waals surface area (Å²) in [4.78, 5) is 44.6. The summed E-state index contributed by atoms with van der Waals surface area (Å²) < 4.78 is 1.60. The van der Waals surface area contributed by atoms with Gasteiger partial charge in [-0.3, -0.25) is 19.0 Å². The maximum absolute atomic E-state index is 13.6. The Morgan fingerprint density at radius 1 is 1.21 bits per heavy atom. The molecule has 33 heavy (non-hydrogen) atoms. The van der Waals surface area contributed by atoms with Crippen LogP contribution in [0.15, 0.2) is 45.7 Å². The number of primary amides is 1. The Morgan fingerprint density at radius 3 is 2.76 bits per heavy atom. The van der Waals surface area contributed by atoms with Crippen LogP contribution in [0.25, 0.3) is 15.9 Å². The number of carbonyl (C=O) groups is 2. The highest BCUT2D eigenvalue weighted by molar-refractivity contribution is 7.99. The average molecular weight is 497 g/mol. The van der Waals surface area contributed by atoms with E-state index in [9.17, 15) is 14.4 Å². The quantitative estimate of drug-likeness (QED) is 0.308. The third kappa shape index (κ3) is 4.09. The van der Waals surface area contributed by atoms with E-state index >= 15 is 0 Å². The van der Waals surface area contributed by atoms with Crippen LogP contribution in [-0.4, -0.2) is 27.1 Å². The first kappa shape index (κ1) is 21.9. The maximum atomic E-state index is 13.6. The Morgan fingerprint density at radius 2 is 2.00 bits per heavy atom. The first-order chi connectivity index (χ1) is 15.9. The molecule has 168 valence electrons. The fourth-order valence-electron chi connectivity index (χ4n) is 3.94. The number of rotatable bonds is 6. The molecule has 0 saturated heterocycles. The van der Waals surface area contributed by atoms with Crippen molar-refractivity contribution in [2.45, 2.75) is 31.3 Å². The van der Waals surface area contributed by atoms with Gasteiger partial charge in [-0.15, -0.1) is 22.7 Å². The average Bonchev–Trinajstić information content (AvgIpc) is 3.49. The van der Waals surface area contributed by atoms with E-state index in [4.69, 9.17) is 10.7 Å². The Kier molecular flexibility index (Phi) is 5.81. The molecule has 0 fully saturated rings. The van der Waals surface area contributed by atoms with Crippen LogP contribution in [0.2, 0.25) is 0 Å². The van der Waals surface area contributed by atoms with Gasteiger partial charge in [-0.05, 0) is 55.3 Å². The molecule has 0 saturated carbocycles. The number of thioether (sulfide) groups is 1. The summed E-state index contributed by atoms with van der Waals surface area (Å²) in [7, 11) is 0. The first-order valence-corrected chi connectivity index (χ1v) is 13.0. The van der Waals surface area contributed by atoms with Crippen molar-refractivity contribution in [1.29, 1.82) is 0 Å². The number of carbonyl (C=O) groups excluding carboxylic acids is 2. The molecule has 1 aromatic carbocycles. The maximum Gasteiger partial charge on any atom is 0.267 e. The van der Waals surface area contributed by atoms with Crippen molar-refractivity contribution in [3.8, 4) is 5.69 Å². The van der Waals surface area contributed by atoms with Crippen LogP contribution in [0.4, 0.5) is 5.00 Å². The smallest absolute Gasteiger partial charge is 0.267 e. The number of nitrogens with one attached hydrogen (secondary N) is 1. The molecule has 10 heteroatoms. The number of hydrogen-bond acceptors (Lipinski definition) is 7. The zero-order chi connectivity index (χ0) is 23.1. The number of thiophene rings is 2. The molecule has 4 aromatic rings. The summed E-state index contributed by atoms with van der Waals surface area (Å²) in [5.74, 6) is -0.862. The van der Waals surface area contributed by atoms with Gasteiger partial charge in [0.1, 0.15) is 9.83 Å². The van der Waals surface area contributed by atoms with Crippen LogP contribution in [-0.2, 0) is 17.6 Å². The van der Waals surface area contributed by atoms with E-state index in [0.717, 1.165) is 40.9 Å². The molecule has 3 aromatic heterocycles. The van der Waals surface area contributed by atoms with Crippen LogP contribution in [0, 0.1) is 6.92 Å². The van der Waals surface area contributed by atoms with Crippen molar-refractivity contribution in [2.75, 3.05) is 11.1 Å². The monoisotopic (exact) mass is 496 g/mol. The third-order valence-corrected chi connectivity index (χ3v) is 8.47. The second-order valence-corrected chi connectivity index (χ2v) is 10.7. The number of amides is 2. The molecule has 7 nitrogen and oxygen atoms in total.